The average Bonchev–Trinajstić information content (AvgIpc) is 2.58. The summed E-state index contributed by atoms with van der Waals surface area (Å²) in [7, 11) is 2.07. The minimum absolute atomic E-state index is 0.130. The van der Waals surface area contributed by atoms with Crippen molar-refractivity contribution in [3.63, 3.8) is 0 Å². The maximum absolute atomic E-state index is 13.2. The number of likely N-dealkylation sites (tertiary alicyclic amines) is 1. The smallest absolute Gasteiger partial charge is 0.180 e. The predicted octanol–water partition coefficient (Wildman–Crippen LogP) is 2.58. The molecule has 1 spiro atoms. The Balaban J connectivity index is 1.96. The molecule has 3 rings (SSSR count). The van der Waals surface area contributed by atoms with Gasteiger partial charge in [-0.25, -0.2) is 4.39 Å². The van der Waals surface area contributed by atoms with Gasteiger partial charge in [0.05, 0.1) is 4.75 Å². The van der Waals surface area contributed by atoms with Crippen molar-refractivity contribution >= 4 is 17.5 Å². The van der Waals surface area contributed by atoms with Crippen LogP contribution in [-0.2, 0) is 0 Å². The van der Waals surface area contributed by atoms with Gasteiger partial charge in [0.25, 0.3) is 0 Å². The lowest BCUT2D eigenvalue weighted by Gasteiger charge is -2.35. The summed E-state index contributed by atoms with van der Waals surface area (Å²) in [6, 6.07) is 4.56. The van der Waals surface area contributed by atoms with Gasteiger partial charge in [-0.05, 0) is 51.2 Å². The lowest BCUT2D eigenvalue weighted by atomic mass is 9.88. The van der Waals surface area contributed by atoms with E-state index in [-0.39, 0.29) is 16.3 Å². The van der Waals surface area contributed by atoms with E-state index in [9.17, 15) is 9.18 Å². The number of hydrogen-bond acceptors (Lipinski definition) is 3. The summed E-state index contributed by atoms with van der Waals surface area (Å²) in [5.74, 6) is -0.187. The molecule has 2 nitrogen and oxygen atoms in total. The lowest BCUT2D eigenvalue weighted by Crippen LogP contribution is -2.43. The molecule has 0 radical (unpaired) electrons. The van der Waals surface area contributed by atoms with Crippen LogP contribution in [0.15, 0.2) is 23.1 Å². The number of carbonyl (C=O) groups is 1. The van der Waals surface area contributed by atoms with E-state index in [2.05, 4.69) is 11.9 Å². The van der Waals surface area contributed by atoms with Gasteiger partial charge >= 0.3 is 0 Å². The van der Waals surface area contributed by atoms with E-state index in [4.69, 9.17) is 0 Å². The molecular formula is C13H14FNOS. The van der Waals surface area contributed by atoms with Crippen LogP contribution in [0.4, 0.5) is 4.39 Å². The summed E-state index contributed by atoms with van der Waals surface area (Å²) in [5.41, 5.74) is 0.583. The summed E-state index contributed by atoms with van der Waals surface area (Å²) in [5, 5.41) is 0. The fourth-order valence-electron chi connectivity index (χ4n) is 2.58. The van der Waals surface area contributed by atoms with Crippen molar-refractivity contribution in [3.8, 4) is 0 Å². The summed E-state index contributed by atoms with van der Waals surface area (Å²) in [4.78, 5) is 15.6. The number of rotatable bonds is 0. The monoisotopic (exact) mass is 251 g/mol. The van der Waals surface area contributed by atoms with Gasteiger partial charge in [0.1, 0.15) is 5.82 Å². The molecule has 0 saturated carbocycles. The van der Waals surface area contributed by atoms with Crippen molar-refractivity contribution in [1.82, 2.24) is 4.90 Å². The second-order valence-corrected chi connectivity index (χ2v) is 6.29. The van der Waals surface area contributed by atoms with Crippen LogP contribution < -0.4 is 0 Å². The van der Waals surface area contributed by atoms with Crippen LogP contribution in [0.2, 0.25) is 0 Å². The van der Waals surface area contributed by atoms with Gasteiger partial charge < -0.3 is 4.90 Å². The molecule has 0 amide bonds. The second kappa shape index (κ2) is 3.82. The van der Waals surface area contributed by atoms with Crippen LogP contribution in [0.25, 0.3) is 0 Å². The molecule has 2 heterocycles. The molecule has 4 heteroatoms. The Morgan fingerprint density at radius 3 is 2.76 bits per heavy atom. The number of hydrogen-bond donors (Lipinski definition) is 0. The van der Waals surface area contributed by atoms with Gasteiger partial charge in [-0.3, -0.25) is 4.79 Å². The van der Waals surface area contributed by atoms with Crippen molar-refractivity contribution in [1.29, 1.82) is 0 Å². The zero-order valence-corrected chi connectivity index (χ0v) is 10.5. The Morgan fingerprint density at radius 2 is 2.06 bits per heavy atom. The first-order chi connectivity index (χ1) is 8.11. The number of nitrogens with zero attached hydrogens (tertiary/aromatic N) is 1. The molecule has 1 aromatic rings. The summed E-state index contributed by atoms with van der Waals surface area (Å²) < 4.78 is 12.9. The number of piperidine rings is 1. The molecule has 2 aliphatic rings. The van der Waals surface area contributed by atoms with E-state index in [1.807, 2.05) is 0 Å². The molecule has 0 unspecified atom stereocenters. The van der Waals surface area contributed by atoms with E-state index in [0.717, 1.165) is 30.8 Å². The highest BCUT2D eigenvalue weighted by atomic mass is 32.2. The Kier molecular flexibility index (Phi) is 2.52. The average molecular weight is 251 g/mol. The minimum Gasteiger partial charge on any atom is -0.306 e. The Bertz CT molecular complexity index is 480. The second-order valence-electron chi connectivity index (χ2n) is 4.87. The Labute approximate surface area is 104 Å². The molecule has 90 valence electrons. The first-order valence-corrected chi connectivity index (χ1v) is 6.64. The Morgan fingerprint density at radius 1 is 1.35 bits per heavy atom. The molecule has 0 aromatic heterocycles. The van der Waals surface area contributed by atoms with Crippen molar-refractivity contribution < 1.29 is 9.18 Å². The third kappa shape index (κ3) is 1.70. The summed E-state index contributed by atoms with van der Waals surface area (Å²) in [6.07, 6.45) is 1.73. The number of carbonyl (C=O) groups excluding carboxylic acids is 1. The van der Waals surface area contributed by atoms with Crippen LogP contribution in [0, 0.1) is 5.82 Å². The molecule has 1 aromatic carbocycles. The van der Waals surface area contributed by atoms with E-state index in [1.54, 1.807) is 17.8 Å². The van der Waals surface area contributed by atoms with Crippen LogP contribution in [-0.4, -0.2) is 35.6 Å². The molecule has 0 aliphatic carbocycles. The van der Waals surface area contributed by atoms with E-state index in [1.165, 1.54) is 12.1 Å². The van der Waals surface area contributed by atoms with Gasteiger partial charge in [0.2, 0.25) is 0 Å². The summed E-state index contributed by atoms with van der Waals surface area (Å²) in [6.45, 7) is 1.88. The predicted molar refractivity (Wildman–Crippen MR) is 66.0 cm³/mol. The standard InChI is InChI=1S/C13H14FNOS/c1-15-6-4-13(5-7-15)12(16)10-8-9(14)2-3-11(10)17-13/h2-3,8H,4-7H2,1H3. The fraction of sp³-hybridized carbons (Fsp3) is 0.462. The van der Waals surface area contributed by atoms with Crippen LogP contribution in [0.1, 0.15) is 23.2 Å². The summed E-state index contributed by atoms with van der Waals surface area (Å²) >= 11 is 1.64. The van der Waals surface area contributed by atoms with E-state index in [0.29, 0.717) is 5.56 Å². The Hall–Kier alpha value is -0.870. The quantitative estimate of drug-likeness (QED) is 0.707. The molecule has 0 N–H and O–H groups in total. The fourth-order valence-corrected chi connectivity index (χ4v) is 3.99. The van der Waals surface area contributed by atoms with E-state index < -0.39 is 0 Å². The van der Waals surface area contributed by atoms with Crippen LogP contribution in [0.3, 0.4) is 0 Å². The lowest BCUT2D eigenvalue weighted by molar-refractivity contribution is 0.0898. The van der Waals surface area contributed by atoms with Gasteiger partial charge in [-0.15, -0.1) is 11.8 Å². The number of thioether (sulfide) groups is 1. The van der Waals surface area contributed by atoms with Crippen LogP contribution >= 0.6 is 11.8 Å². The minimum atomic E-state index is -0.317. The molecule has 0 bridgehead atoms. The zero-order valence-electron chi connectivity index (χ0n) is 9.70. The number of Topliss-reactive ketones (excluding diaryl/α,β-unsaturated/α-hetero) is 1. The third-order valence-corrected chi connectivity index (χ3v) is 5.26. The number of ketones is 1. The largest absolute Gasteiger partial charge is 0.306 e. The highest BCUT2D eigenvalue weighted by Gasteiger charge is 2.47. The molecule has 0 atom stereocenters. The first kappa shape index (κ1) is 11.2. The van der Waals surface area contributed by atoms with Gasteiger partial charge in [-0.2, -0.15) is 0 Å². The maximum Gasteiger partial charge on any atom is 0.180 e. The first-order valence-electron chi connectivity index (χ1n) is 5.83. The van der Waals surface area contributed by atoms with Crippen molar-refractivity contribution in [3.05, 3.63) is 29.6 Å². The van der Waals surface area contributed by atoms with Crippen molar-refractivity contribution in [2.45, 2.75) is 22.5 Å². The highest BCUT2D eigenvalue weighted by molar-refractivity contribution is 8.02. The van der Waals surface area contributed by atoms with Gasteiger partial charge in [0.15, 0.2) is 5.78 Å². The number of halogens is 1. The number of benzene rings is 1. The molecule has 17 heavy (non-hydrogen) atoms. The van der Waals surface area contributed by atoms with Crippen LogP contribution in [0.5, 0.6) is 0 Å². The topological polar surface area (TPSA) is 20.3 Å². The number of fused-ring (bicyclic) bond motifs is 1. The SMILES string of the molecule is CN1CCC2(CC1)Sc1ccc(F)cc1C2=O. The third-order valence-electron chi connectivity index (χ3n) is 3.70. The molecular weight excluding hydrogens is 237 g/mol. The maximum atomic E-state index is 13.2. The van der Waals surface area contributed by atoms with Crippen molar-refractivity contribution in [2.24, 2.45) is 0 Å². The molecule has 1 fully saturated rings. The van der Waals surface area contributed by atoms with Gasteiger partial charge in [0, 0.05) is 10.5 Å². The normalized spacial score (nSPS) is 23.1. The van der Waals surface area contributed by atoms with E-state index >= 15 is 0 Å². The van der Waals surface area contributed by atoms with Crippen molar-refractivity contribution in [2.75, 3.05) is 20.1 Å². The van der Waals surface area contributed by atoms with Gasteiger partial charge in [-0.1, -0.05) is 0 Å². The zero-order chi connectivity index (χ0) is 12.0. The molecule has 2 aliphatic heterocycles. The molecule has 1 saturated heterocycles. The highest BCUT2D eigenvalue weighted by Crippen LogP contribution is 2.50.